The predicted octanol–water partition coefficient (Wildman–Crippen LogP) is 2.36. The van der Waals surface area contributed by atoms with Crippen LogP contribution in [0.3, 0.4) is 0 Å². The van der Waals surface area contributed by atoms with Gasteiger partial charge in [-0.15, -0.1) is 11.3 Å². The average molecular weight is 259 g/mol. The van der Waals surface area contributed by atoms with E-state index in [-0.39, 0.29) is 0 Å². The Hall–Kier alpha value is -1.92. The summed E-state index contributed by atoms with van der Waals surface area (Å²) in [6.07, 6.45) is 0. The number of hydrogen-bond acceptors (Lipinski definition) is 5. The second-order valence-electron chi connectivity index (χ2n) is 4.09. The molecule has 0 aliphatic carbocycles. The van der Waals surface area contributed by atoms with Crippen LogP contribution in [0.1, 0.15) is 11.3 Å². The summed E-state index contributed by atoms with van der Waals surface area (Å²) in [4.78, 5) is 5.65. The lowest BCUT2D eigenvalue weighted by Gasteiger charge is -2.08. The van der Waals surface area contributed by atoms with E-state index in [1.165, 1.54) is 0 Å². The van der Waals surface area contributed by atoms with Crippen LogP contribution in [0.15, 0.2) is 23.6 Å². The first-order valence-electron chi connectivity index (χ1n) is 5.58. The van der Waals surface area contributed by atoms with Crippen LogP contribution in [0.25, 0.3) is 16.2 Å². The van der Waals surface area contributed by atoms with Crippen molar-refractivity contribution in [2.45, 2.75) is 13.8 Å². The molecule has 0 aliphatic heterocycles. The van der Waals surface area contributed by atoms with E-state index >= 15 is 0 Å². The van der Waals surface area contributed by atoms with Crippen LogP contribution in [0.4, 0.5) is 5.82 Å². The van der Waals surface area contributed by atoms with Crippen LogP contribution in [0.2, 0.25) is 0 Å². The van der Waals surface area contributed by atoms with Gasteiger partial charge in [0, 0.05) is 17.3 Å². The van der Waals surface area contributed by atoms with Crippen molar-refractivity contribution in [3.63, 3.8) is 0 Å². The van der Waals surface area contributed by atoms with E-state index in [2.05, 4.69) is 15.5 Å². The number of nitrogen functional groups attached to an aromatic ring is 1. The largest absolute Gasteiger partial charge is 0.308 e. The van der Waals surface area contributed by atoms with Gasteiger partial charge in [0.1, 0.15) is 11.5 Å². The quantitative estimate of drug-likeness (QED) is 0.547. The number of nitrogens with zero attached hydrogens (tertiary/aromatic N) is 3. The Morgan fingerprint density at radius 2 is 2.22 bits per heavy atom. The summed E-state index contributed by atoms with van der Waals surface area (Å²) in [5.74, 6) is 6.36. The van der Waals surface area contributed by atoms with E-state index in [0.717, 1.165) is 33.3 Å². The molecule has 18 heavy (non-hydrogen) atoms. The molecular weight excluding hydrogens is 246 g/mol. The Kier molecular flexibility index (Phi) is 2.53. The summed E-state index contributed by atoms with van der Waals surface area (Å²) < 4.78 is 1.75. The minimum Gasteiger partial charge on any atom is -0.308 e. The molecular formula is C12H13N5S. The molecule has 3 N–H and O–H groups in total. The number of nitrogens with one attached hydrogen (secondary N) is 1. The highest BCUT2D eigenvalue weighted by atomic mass is 32.1. The first-order chi connectivity index (χ1) is 8.70. The average Bonchev–Trinajstić information content (AvgIpc) is 2.98. The second kappa shape index (κ2) is 4.08. The molecule has 0 saturated heterocycles. The fourth-order valence-electron chi connectivity index (χ4n) is 1.92. The molecule has 6 heteroatoms. The summed E-state index contributed by atoms with van der Waals surface area (Å²) in [5, 5.41) is 6.58. The number of nitrogens with two attached hydrogens (primary N) is 1. The smallest absolute Gasteiger partial charge is 0.158 e. The molecule has 3 heterocycles. The molecule has 0 spiro atoms. The molecule has 0 saturated carbocycles. The zero-order valence-electron chi connectivity index (χ0n) is 10.1. The van der Waals surface area contributed by atoms with Crippen LogP contribution >= 0.6 is 11.3 Å². The van der Waals surface area contributed by atoms with Crippen molar-refractivity contribution in [3.8, 4) is 10.6 Å². The second-order valence-corrected chi connectivity index (χ2v) is 5.04. The zero-order valence-corrected chi connectivity index (χ0v) is 11.0. The first-order valence-corrected chi connectivity index (χ1v) is 6.46. The van der Waals surface area contributed by atoms with Gasteiger partial charge >= 0.3 is 0 Å². The number of hydrazine groups is 1. The number of anilines is 1. The number of aryl methyl sites for hydroxylation is 1. The lowest BCUT2D eigenvalue weighted by Crippen LogP contribution is -2.14. The molecule has 0 radical (unpaired) electrons. The van der Waals surface area contributed by atoms with Crippen molar-refractivity contribution in [1.29, 1.82) is 0 Å². The zero-order chi connectivity index (χ0) is 12.7. The Bertz CT molecular complexity index is 699. The van der Waals surface area contributed by atoms with Gasteiger partial charge in [0.15, 0.2) is 5.65 Å². The molecule has 0 bridgehead atoms. The minimum atomic E-state index is 0.778. The Morgan fingerprint density at radius 1 is 1.39 bits per heavy atom. The number of hydrogen-bond donors (Lipinski definition) is 2. The van der Waals surface area contributed by atoms with Crippen LogP contribution in [-0.4, -0.2) is 14.6 Å². The van der Waals surface area contributed by atoms with Gasteiger partial charge in [-0.05, 0) is 25.3 Å². The predicted molar refractivity (Wildman–Crippen MR) is 73.6 cm³/mol. The van der Waals surface area contributed by atoms with E-state index in [1.807, 2.05) is 37.4 Å². The van der Waals surface area contributed by atoms with Gasteiger partial charge in [0.2, 0.25) is 0 Å². The Balaban J connectivity index is 2.29. The molecule has 0 aliphatic rings. The van der Waals surface area contributed by atoms with Crippen LogP contribution in [0, 0.1) is 13.8 Å². The molecule has 5 nitrogen and oxygen atoms in total. The molecule has 92 valence electrons. The molecule has 0 aromatic carbocycles. The highest BCUT2D eigenvalue weighted by molar-refractivity contribution is 7.13. The maximum atomic E-state index is 5.58. The van der Waals surface area contributed by atoms with Crippen molar-refractivity contribution in [1.82, 2.24) is 14.6 Å². The summed E-state index contributed by atoms with van der Waals surface area (Å²) in [5.41, 5.74) is 6.38. The lowest BCUT2D eigenvalue weighted by molar-refractivity contribution is 0.917. The molecule has 0 unspecified atom stereocenters. The molecule has 3 aromatic heterocycles. The summed E-state index contributed by atoms with van der Waals surface area (Å²) in [6.45, 7) is 3.94. The topological polar surface area (TPSA) is 68.2 Å². The van der Waals surface area contributed by atoms with Crippen LogP contribution in [0.5, 0.6) is 0 Å². The van der Waals surface area contributed by atoms with Crippen molar-refractivity contribution in [3.05, 3.63) is 34.8 Å². The van der Waals surface area contributed by atoms with Gasteiger partial charge in [-0.3, -0.25) is 0 Å². The van der Waals surface area contributed by atoms with E-state index in [4.69, 9.17) is 5.84 Å². The Labute approximate surface area is 108 Å². The third-order valence-corrected chi connectivity index (χ3v) is 3.89. The molecule has 0 fully saturated rings. The van der Waals surface area contributed by atoms with Gasteiger partial charge in [-0.2, -0.15) is 9.61 Å². The van der Waals surface area contributed by atoms with E-state index < -0.39 is 0 Å². The van der Waals surface area contributed by atoms with Crippen molar-refractivity contribution >= 4 is 22.8 Å². The number of thiophene rings is 1. The molecule has 0 amide bonds. The van der Waals surface area contributed by atoms with Crippen LogP contribution in [-0.2, 0) is 0 Å². The van der Waals surface area contributed by atoms with Gasteiger partial charge < -0.3 is 5.43 Å². The maximum Gasteiger partial charge on any atom is 0.158 e. The highest BCUT2D eigenvalue weighted by Gasteiger charge is 2.12. The van der Waals surface area contributed by atoms with Gasteiger partial charge in [-0.25, -0.2) is 10.8 Å². The van der Waals surface area contributed by atoms with E-state index in [0.29, 0.717) is 0 Å². The van der Waals surface area contributed by atoms with Crippen LogP contribution < -0.4 is 11.3 Å². The minimum absolute atomic E-state index is 0.778. The third kappa shape index (κ3) is 1.58. The maximum absolute atomic E-state index is 5.58. The monoisotopic (exact) mass is 259 g/mol. The fraction of sp³-hybridized carbons (Fsp3) is 0.167. The first kappa shape index (κ1) is 11.2. The fourth-order valence-corrected chi connectivity index (χ4v) is 2.60. The Morgan fingerprint density at radius 3 is 2.89 bits per heavy atom. The van der Waals surface area contributed by atoms with Crippen molar-refractivity contribution < 1.29 is 0 Å². The summed E-state index contributed by atoms with van der Waals surface area (Å²) in [6, 6.07) is 6.02. The number of aromatic nitrogens is 3. The number of fused-ring (bicyclic) bond motifs is 1. The molecule has 3 aromatic rings. The molecule has 3 rings (SSSR count). The van der Waals surface area contributed by atoms with Crippen molar-refractivity contribution in [2.24, 2.45) is 5.84 Å². The third-order valence-electron chi connectivity index (χ3n) is 2.99. The standard InChI is InChI=1S/C12H13N5S/c1-7-8(2)14-11-6-9(10-4-3-5-18-10)16-17(11)12(7)15-13/h3-6,15H,13H2,1-2H3. The number of rotatable bonds is 2. The van der Waals surface area contributed by atoms with Crippen molar-refractivity contribution in [2.75, 3.05) is 5.43 Å². The summed E-state index contributed by atoms with van der Waals surface area (Å²) >= 11 is 1.66. The van der Waals surface area contributed by atoms with Gasteiger partial charge in [0.25, 0.3) is 0 Å². The lowest BCUT2D eigenvalue weighted by atomic mass is 10.2. The molecule has 0 atom stereocenters. The van der Waals surface area contributed by atoms with Gasteiger partial charge in [0.05, 0.1) is 4.88 Å². The van der Waals surface area contributed by atoms with Gasteiger partial charge in [-0.1, -0.05) is 6.07 Å². The SMILES string of the molecule is Cc1nc2cc(-c3cccs3)nn2c(NN)c1C. The van der Waals surface area contributed by atoms with E-state index in [1.54, 1.807) is 15.9 Å². The normalized spacial score (nSPS) is 11.1. The highest BCUT2D eigenvalue weighted by Crippen LogP contribution is 2.26. The van der Waals surface area contributed by atoms with E-state index in [9.17, 15) is 0 Å². The summed E-state index contributed by atoms with van der Waals surface area (Å²) in [7, 11) is 0.